The van der Waals surface area contributed by atoms with Gasteiger partial charge in [-0.25, -0.2) is 4.79 Å². The van der Waals surface area contributed by atoms with Gasteiger partial charge >= 0.3 is 5.97 Å². The molecule has 4 aromatic rings. The largest absolute Gasteiger partial charge is 0.457 e. The summed E-state index contributed by atoms with van der Waals surface area (Å²) in [6.07, 6.45) is 11.0. The highest BCUT2D eigenvalue weighted by Crippen LogP contribution is 2.32. The van der Waals surface area contributed by atoms with Gasteiger partial charge < -0.3 is 4.74 Å². The van der Waals surface area contributed by atoms with Gasteiger partial charge in [-0.3, -0.25) is 14.3 Å². The van der Waals surface area contributed by atoms with E-state index in [1.54, 1.807) is 10.6 Å². The maximum atomic E-state index is 13.0. The molecule has 5 heteroatoms. The van der Waals surface area contributed by atoms with E-state index in [0.717, 1.165) is 48.1 Å². The first-order valence-corrected chi connectivity index (χ1v) is 12.9. The highest BCUT2D eigenvalue weighted by molar-refractivity contribution is 6.03. The molecule has 5 rings (SSSR count). The van der Waals surface area contributed by atoms with Gasteiger partial charge in [-0.15, -0.1) is 12.3 Å². The van der Waals surface area contributed by atoms with E-state index in [1.165, 1.54) is 11.1 Å². The summed E-state index contributed by atoms with van der Waals surface area (Å²) < 4.78 is 7.25. The number of esters is 1. The molecule has 38 heavy (non-hydrogen) atoms. The van der Waals surface area contributed by atoms with Crippen molar-refractivity contribution in [2.45, 2.75) is 32.4 Å². The Balaban J connectivity index is 1.42. The quantitative estimate of drug-likeness (QED) is 0.208. The minimum absolute atomic E-state index is 0.0549. The van der Waals surface area contributed by atoms with Gasteiger partial charge in [0.25, 0.3) is 0 Å². The van der Waals surface area contributed by atoms with Crippen LogP contribution in [0.4, 0.5) is 0 Å². The molecule has 1 aliphatic heterocycles. The summed E-state index contributed by atoms with van der Waals surface area (Å²) in [7, 11) is 0. The Labute approximate surface area is 223 Å². The van der Waals surface area contributed by atoms with Gasteiger partial charge in [0.05, 0.1) is 11.1 Å². The number of carbonyl (C=O) groups is 2. The van der Waals surface area contributed by atoms with Gasteiger partial charge in [-0.1, -0.05) is 66.7 Å². The predicted octanol–water partition coefficient (Wildman–Crippen LogP) is 6.34. The molecule has 1 aliphatic rings. The van der Waals surface area contributed by atoms with Gasteiger partial charge in [-0.2, -0.15) is 0 Å². The monoisotopic (exact) mass is 502 g/mol. The lowest BCUT2D eigenvalue weighted by molar-refractivity contribution is 0.0473. The summed E-state index contributed by atoms with van der Waals surface area (Å²) in [5.74, 6) is 2.11. The average Bonchev–Trinajstić information content (AvgIpc) is 3.35. The van der Waals surface area contributed by atoms with Gasteiger partial charge in [0.1, 0.15) is 6.61 Å². The third-order valence-corrected chi connectivity index (χ3v) is 6.89. The van der Waals surface area contributed by atoms with E-state index in [-0.39, 0.29) is 24.9 Å². The molecular formula is C33H30N2O3. The Hall–Kier alpha value is -4.40. The molecule has 0 spiro atoms. The normalized spacial score (nSPS) is 13.6. The molecule has 0 fully saturated rings. The fraction of sp³-hybridized carbons (Fsp3) is 0.212. The van der Waals surface area contributed by atoms with Crippen LogP contribution >= 0.6 is 0 Å². The summed E-state index contributed by atoms with van der Waals surface area (Å²) in [6.45, 7) is 2.84. The van der Waals surface area contributed by atoms with Crippen LogP contribution in [0.3, 0.4) is 0 Å². The zero-order valence-electron chi connectivity index (χ0n) is 21.3. The molecule has 0 saturated carbocycles. The van der Waals surface area contributed by atoms with Crippen LogP contribution in [0.2, 0.25) is 0 Å². The average molecular weight is 503 g/mol. The Morgan fingerprint density at radius 1 is 0.947 bits per heavy atom. The first-order valence-electron chi connectivity index (χ1n) is 12.9. The molecule has 0 unspecified atom stereocenters. The molecular weight excluding hydrogens is 472 g/mol. The lowest BCUT2D eigenvalue weighted by Crippen LogP contribution is -2.27. The summed E-state index contributed by atoms with van der Waals surface area (Å²) >= 11 is 0. The standard InChI is InChI=1S/C33H30N2O3/c1-2-3-14-32(36)35-23-30(27-17-19-34(20-18-27)22-25-10-6-4-7-11-25)29-21-28(15-16-31(29)35)33(37)38-24-26-12-8-5-9-13-26/h1,4-13,15-17,21,23H,3,14,18-20,22,24H2. The van der Waals surface area contributed by atoms with Crippen LogP contribution in [0.5, 0.6) is 0 Å². The first-order chi connectivity index (χ1) is 18.6. The minimum atomic E-state index is -0.389. The molecule has 0 aliphatic carbocycles. The zero-order chi connectivity index (χ0) is 26.3. The van der Waals surface area contributed by atoms with Gasteiger partial charge in [0.15, 0.2) is 0 Å². The lowest BCUT2D eigenvalue weighted by atomic mass is 9.97. The number of rotatable bonds is 8. The highest BCUT2D eigenvalue weighted by Gasteiger charge is 2.21. The van der Waals surface area contributed by atoms with Crippen molar-refractivity contribution in [3.63, 3.8) is 0 Å². The van der Waals surface area contributed by atoms with Gasteiger partial charge in [-0.05, 0) is 41.3 Å². The Kier molecular flexibility index (Phi) is 7.82. The van der Waals surface area contributed by atoms with Crippen molar-refractivity contribution in [1.82, 2.24) is 9.47 Å². The molecule has 0 atom stereocenters. The summed E-state index contributed by atoms with van der Waals surface area (Å²) in [6, 6.07) is 25.5. The number of benzene rings is 3. The van der Waals surface area contributed by atoms with E-state index in [1.807, 2.05) is 54.7 Å². The van der Waals surface area contributed by atoms with Crippen LogP contribution in [0, 0.1) is 12.3 Å². The second kappa shape index (κ2) is 11.8. The number of hydrogen-bond donors (Lipinski definition) is 0. The molecule has 1 aromatic heterocycles. The topological polar surface area (TPSA) is 51.5 Å². The smallest absolute Gasteiger partial charge is 0.338 e. The lowest BCUT2D eigenvalue weighted by Gasteiger charge is -2.26. The van der Waals surface area contributed by atoms with E-state index in [0.29, 0.717) is 12.0 Å². The summed E-state index contributed by atoms with van der Waals surface area (Å²) in [4.78, 5) is 28.3. The van der Waals surface area contributed by atoms with Crippen LogP contribution in [0.1, 0.15) is 51.1 Å². The zero-order valence-corrected chi connectivity index (χ0v) is 21.3. The maximum absolute atomic E-state index is 13.0. The number of hydrogen-bond acceptors (Lipinski definition) is 4. The predicted molar refractivity (Wildman–Crippen MR) is 151 cm³/mol. The molecule has 0 saturated heterocycles. The van der Waals surface area contributed by atoms with Crippen LogP contribution in [0.15, 0.2) is 91.1 Å². The van der Waals surface area contributed by atoms with Crippen molar-refractivity contribution < 1.29 is 14.3 Å². The second-order valence-corrected chi connectivity index (χ2v) is 9.50. The van der Waals surface area contributed by atoms with Crippen molar-refractivity contribution >= 4 is 28.4 Å². The molecule has 3 aromatic carbocycles. The third kappa shape index (κ3) is 5.77. The molecule has 0 bridgehead atoms. The van der Waals surface area contributed by atoms with E-state index < -0.39 is 0 Å². The second-order valence-electron chi connectivity index (χ2n) is 9.50. The summed E-state index contributed by atoms with van der Waals surface area (Å²) in [5, 5.41) is 0.871. The van der Waals surface area contributed by atoms with Crippen LogP contribution in [-0.4, -0.2) is 34.4 Å². The van der Waals surface area contributed by atoms with Gasteiger partial charge in [0.2, 0.25) is 5.91 Å². The van der Waals surface area contributed by atoms with Crippen LogP contribution in [0.25, 0.3) is 16.5 Å². The number of nitrogens with zero attached hydrogens (tertiary/aromatic N) is 2. The number of terminal acetylenes is 1. The molecule has 0 amide bonds. The SMILES string of the molecule is C#CCCC(=O)n1cc(C2=CCN(Cc3ccccc3)CC2)c2cc(C(=O)OCc3ccccc3)ccc21. The third-order valence-electron chi connectivity index (χ3n) is 6.89. The maximum Gasteiger partial charge on any atom is 0.338 e. The first kappa shape index (κ1) is 25.3. The number of ether oxygens (including phenoxy) is 1. The Morgan fingerprint density at radius 3 is 2.37 bits per heavy atom. The van der Waals surface area contributed by atoms with E-state index >= 15 is 0 Å². The number of aromatic nitrogens is 1. The molecule has 0 N–H and O–H groups in total. The molecule has 5 nitrogen and oxygen atoms in total. The van der Waals surface area contributed by atoms with E-state index in [2.05, 4.69) is 41.2 Å². The number of carbonyl (C=O) groups excluding carboxylic acids is 2. The van der Waals surface area contributed by atoms with Gasteiger partial charge in [0, 0.05) is 49.6 Å². The summed E-state index contributed by atoms with van der Waals surface area (Å²) in [5.41, 5.74) is 5.61. The van der Waals surface area contributed by atoms with Crippen molar-refractivity contribution in [2.75, 3.05) is 13.1 Å². The highest BCUT2D eigenvalue weighted by atomic mass is 16.5. The Bertz CT molecular complexity index is 1510. The van der Waals surface area contributed by atoms with Crippen molar-refractivity contribution in [2.24, 2.45) is 0 Å². The molecule has 0 radical (unpaired) electrons. The molecule has 190 valence electrons. The van der Waals surface area contributed by atoms with Crippen LogP contribution in [-0.2, 0) is 17.9 Å². The molecule has 2 heterocycles. The van der Waals surface area contributed by atoms with E-state index in [9.17, 15) is 9.59 Å². The fourth-order valence-electron chi connectivity index (χ4n) is 4.87. The Morgan fingerprint density at radius 2 is 1.68 bits per heavy atom. The van der Waals surface area contributed by atoms with E-state index in [4.69, 9.17) is 11.2 Å². The fourth-order valence-corrected chi connectivity index (χ4v) is 4.87. The number of fused-ring (bicyclic) bond motifs is 1. The van der Waals surface area contributed by atoms with Crippen molar-refractivity contribution in [3.8, 4) is 12.3 Å². The van der Waals surface area contributed by atoms with Crippen molar-refractivity contribution in [1.29, 1.82) is 0 Å². The van der Waals surface area contributed by atoms with Crippen LogP contribution < -0.4 is 0 Å². The van der Waals surface area contributed by atoms with Crippen molar-refractivity contribution in [3.05, 3.63) is 113 Å². The minimum Gasteiger partial charge on any atom is -0.457 e.